The van der Waals surface area contributed by atoms with Crippen LogP contribution in [0.3, 0.4) is 0 Å². The van der Waals surface area contributed by atoms with Crippen molar-refractivity contribution in [1.29, 1.82) is 0 Å². The molecule has 1 rings (SSSR count). The molecule has 0 N–H and O–H groups in total. The minimum atomic E-state index is -0.596. The molecule has 0 atom stereocenters. The summed E-state index contributed by atoms with van der Waals surface area (Å²) in [4.78, 5) is 11.2. The summed E-state index contributed by atoms with van der Waals surface area (Å²) in [6, 6.07) is 0. The summed E-state index contributed by atoms with van der Waals surface area (Å²) >= 11 is 6.17. The van der Waals surface area contributed by atoms with Crippen LogP contribution < -0.4 is 5.56 Å². The number of hydrogen-bond acceptors (Lipinski definition) is 2. The van der Waals surface area contributed by atoms with Crippen molar-refractivity contribution >= 4 is 31.9 Å². The molecule has 0 unspecified atom stereocenters. The third kappa shape index (κ3) is 1.92. The second kappa shape index (κ2) is 4.13. The van der Waals surface area contributed by atoms with E-state index in [9.17, 15) is 9.18 Å². The van der Waals surface area contributed by atoms with Crippen LogP contribution in [0, 0.1) is 0 Å². The minimum absolute atomic E-state index is 0.00921. The maximum absolute atomic E-state index is 11.9. The number of aryl methyl sites for hydroxylation is 1. The molecule has 0 aliphatic heterocycles. The van der Waals surface area contributed by atoms with Gasteiger partial charge in [0.05, 0.1) is 17.2 Å². The van der Waals surface area contributed by atoms with Gasteiger partial charge < -0.3 is 0 Å². The van der Waals surface area contributed by atoms with Crippen molar-refractivity contribution in [2.45, 2.75) is 6.54 Å². The van der Waals surface area contributed by atoms with Gasteiger partial charge in [-0.15, -0.1) is 0 Å². The van der Waals surface area contributed by atoms with E-state index in [2.05, 4.69) is 37.0 Å². The van der Waals surface area contributed by atoms with E-state index in [1.807, 2.05) is 0 Å². The van der Waals surface area contributed by atoms with Crippen LogP contribution in [0.1, 0.15) is 0 Å². The van der Waals surface area contributed by atoms with E-state index in [0.717, 1.165) is 4.68 Å². The molecule has 0 radical (unpaired) electrons. The standard InChI is InChI=1S/C6H5Br2FN2O/c7-4-3-10-11(2-1-9)6(12)5(4)8/h3H,1-2H2. The molecular formula is C6H5Br2FN2O. The summed E-state index contributed by atoms with van der Waals surface area (Å²) in [5.74, 6) is 0. The first-order valence-electron chi connectivity index (χ1n) is 3.14. The van der Waals surface area contributed by atoms with Crippen LogP contribution in [0.2, 0.25) is 0 Å². The highest BCUT2D eigenvalue weighted by molar-refractivity contribution is 9.13. The largest absolute Gasteiger partial charge is 0.282 e. The molecule has 1 aromatic heterocycles. The van der Waals surface area contributed by atoms with Gasteiger partial charge in [0, 0.05) is 0 Å². The average Bonchev–Trinajstić information content (AvgIpc) is 2.07. The normalized spacial score (nSPS) is 10.2. The first kappa shape index (κ1) is 9.85. The van der Waals surface area contributed by atoms with E-state index in [1.54, 1.807) is 0 Å². The van der Waals surface area contributed by atoms with Crippen LogP contribution in [0.25, 0.3) is 0 Å². The molecule has 0 amide bonds. The van der Waals surface area contributed by atoms with E-state index in [0.29, 0.717) is 8.95 Å². The van der Waals surface area contributed by atoms with Gasteiger partial charge >= 0.3 is 0 Å². The van der Waals surface area contributed by atoms with Crippen LogP contribution in [0.5, 0.6) is 0 Å². The van der Waals surface area contributed by atoms with E-state index >= 15 is 0 Å². The van der Waals surface area contributed by atoms with Crippen molar-refractivity contribution in [3.8, 4) is 0 Å². The molecule has 66 valence electrons. The fourth-order valence-electron chi connectivity index (χ4n) is 0.684. The Morgan fingerprint density at radius 2 is 2.25 bits per heavy atom. The first-order valence-corrected chi connectivity index (χ1v) is 4.72. The monoisotopic (exact) mass is 298 g/mol. The zero-order chi connectivity index (χ0) is 9.14. The van der Waals surface area contributed by atoms with Crippen LogP contribution in [-0.4, -0.2) is 16.5 Å². The van der Waals surface area contributed by atoms with Crippen molar-refractivity contribution in [2.24, 2.45) is 0 Å². The topological polar surface area (TPSA) is 34.9 Å². The number of alkyl halides is 1. The number of aromatic nitrogens is 2. The Morgan fingerprint density at radius 3 is 2.83 bits per heavy atom. The van der Waals surface area contributed by atoms with Crippen molar-refractivity contribution in [3.63, 3.8) is 0 Å². The average molecular weight is 300 g/mol. The van der Waals surface area contributed by atoms with Crippen molar-refractivity contribution in [3.05, 3.63) is 25.5 Å². The van der Waals surface area contributed by atoms with E-state index in [-0.39, 0.29) is 12.1 Å². The van der Waals surface area contributed by atoms with Crippen LogP contribution in [0.4, 0.5) is 4.39 Å². The van der Waals surface area contributed by atoms with Gasteiger partial charge in [-0.3, -0.25) is 4.79 Å². The molecule has 1 heterocycles. The molecule has 0 saturated carbocycles. The van der Waals surface area contributed by atoms with E-state index < -0.39 is 6.67 Å². The van der Waals surface area contributed by atoms with Gasteiger partial charge in [0.2, 0.25) is 0 Å². The Hall–Kier alpha value is -0.230. The van der Waals surface area contributed by atoms with Crippen LogP contribution in [0.15, 0.2) is 19.9 Å². The van der Waals surface area contributed by atoms with E-state index in [1.165, 1.54) is 6.20 Å². The molecule has 0 fully saturated rings. The molecule has 0 aliphatic rings. The fraction of sp³-hybridized carbons (Fsp3) is 0.333. The minimum Gasteiger partial charge on any atom is -0.266 e. The zero-order valence-electron chi connectivity index (χ0n) is 5.93. The van der Waals surface area contributed by atoms with Gasteiger partial charge in [-0.25, -0.2) is 9.07 Å². The van der Waals surface area contributed by atoms with Crippen molar-refractivity contribution < 1.29 is 4.39 Å². The molecular weight excluding hydrogens is 295 g/mol. The summed E-state index contributed by atoms with van der Waals surface area (Å²) in [5, 5.41) is 3.72. The van der Waals surface area contributed by atoms with Gasteiger partial charge in [-0.05, 0) is 31.9 Å². The van der Waals surface area contributed by atoms with Gasteiger partial charge in [-0.2, -0.15) is 5.10 Å². The zero-order valence-corrected chi connectivity index (χ0v) is 9.10. The van der Waals surface area contributed by atoms with Crippen molar-refractivity contribution in [1.82, 2.24) is 9.78 Å². The molecule has 0 spiro atoms. The lowest BCUT2D eigenvalue weighted by Crippen LogP contribution is -2.24. The third-order valence-electron chi connectivity index (χ3n) is 1.24. The van der Waals surface area contributed by atoms with Crippen LogP contribution >= 0.6 is 31.9 Å². The fourth-order valence-corrected chi connectivity index (χ4v) is 1.25. The molecule has 0 aromatic carbocycles. The molecule has 12 heavy (non-hydrogen) atoms. The SMILES string of the molecule is O=c1c(Br)c(Br)cnn1CCF. The molecule has 1 aromatic rings. The third-order valence-corrected chi connectivity index (χ3v) is 3.14. The highest BCUT2D eigenvalue weighted by Crippen LogP contribution is 2.16. The lowest BCUT2D eigenvalue weighted by Gasteiger charge is -2.01. The summed E-state index contributed by atoms with van der Waals surface area (Å²) in [6.45, 7) is -0.605. The maximum Gasteiger partial charge on any atom is 0.282 e. The Morgan fingerprint density at radius 1 is 1.58 bits per heavy atom. The predicted molar refractivity (Wildman–Crippen MR) is 49.9 cm³/mol. The number of halogens is 3. The van der Waals surface area contributed by atoms with Gasteiger partial charge in [0.1, 0.15) is 11.1 Å². The molecule has 0 saturated heterocycles. The highest BCUT2D eigenvalue weighted by Gasteiger charge is 2.05. The summed E-state index contributed by atoms with van der Waals surface area (Å²) in [5.41, 5.74) is -0.331. The maximum atomic E-state index is 11.9. The second-order valence-electron chi connectivity index (χ2n) is 2.02. The summed E-state index contributed by atoms with van der Waals surface area (Å²) < 4.78 is 13.9. The molecule has 6 heteroatoms. The Kier molecular flexibility index (Phi) is 3.39. The van der Waals surface area contributed by atoms with Gasteiger partial charge in [0.25, 0.3) is 5.56 Å². The Labute approximate surface area is 84.8 Å². The lowest BCUT2D eigenvalue weighted by atomic mass is 10.5. The van der Waals surface area contributed by atoms with Gasteiger partial charge in [0.15, 0.2) is 0 Å². The Bertz CT molecular complexity index is 339. The molecule has 0 bridgehead atoms. The second-order valence-corrected chi connectivity index (χ2v) is 3.67. The number of hydrogen-bond donors (Lipinski definition) is 0. The molecule has 3 nitrogen and oxygen atoms in total. The Balaban J connectivity index is 3.18. The smallest absolute Gasteiger partial charge is 0.266 e. The number of rotatable bonds is 2. The van der Waals surface area contributed by atoms with Crippen LogP contribution in [-0.2, 0) is 6.54 Å². The lowest BCUT2D eigenvalue weighted by molar-refractivity contribution is 0.416. The van der Waals surface area contributed by atoms with E-state index in [4.69, 9.17) is 0 Å². The highest BCUT2D eigenvalue weighted by atomic mass is 79.9. The summed E-state index contributed by atoms with van der Waals surface area (Å²) in [7, 11) is 0. The molecule has 0 aliphatic carbocycles. The first-order chi connectivity index (χ1) is 5.66. The van der Waals surface area contributed by atoms with Crippen molar-refractivity contribution in [2.75, 3.05) is 6.67 Å². The predicted octanol–water partition coefficient (Wildman–Crippen LogP) is 1.74. The summed E-state index contributed by atoms with van der Waals surface area (Å²) in [6.07, 6.45) is 1.45. The quantitative estimate of drug-likeness (QED) is 0.834. The van der Waals surface area contributed by atoms with Gasteiger partial charge in [-0.1, -0.05) is 0 Å². The number of nitrogens with zero attached hydrogens (tertiary/aromatic N) is 2.